The maximum Gasteiger partial charge on any atom is 0.251 e. The molecule has 2 amide bonds. The van der Waals surface area contributed by atoms with Gasteiger partial charge >= 0.3 is 0 Å². The second kappa shape index (κ2) is 6.84. The molecule has 2 aromatic rings. The van der Waals surface area contributed by atoms with Gasteiger partial charge in [-0.05, 0) is 48.7 Å². The van der Waals surface area contributed by atoms with Gasteiger partial charge in [-0.2, -0.15) is 0 Å². The lowest BCUT2D eigenvalue weighted by atomic mass is 10.1. The molecule has 4 nitrogen and oxygen atoms in total. The fourth-order valence-electron chi connectivity index (χ4n) is 2.23. The summed E-state index contributed by atoms with van der Waals surface area (Å²) < 4.78 is 0. The summed E-state index contributed by atoms with van der Waals surface area (Å²) in [5.41, 5.74) is 2.06. The fourth-order valence-corrected chi connectivity index (χ4v) is 2.35. The molecule has 0 aliphatic heterocycles. The Morgan fingerprint density at radius 2 is 1.83 bits per heavy atom. The zero-order valence-corrected chi connectivity index (χ0v) is 13.3. The SMILES string of the molecule is O=C(Cc1ccc(Cl)cc1)Nc1cccc(C(=O)NC2CC2)c1. The molecule has 1 fully saturated rings. The quantitative estimate of drug-likeness (QED) is 0.883. The van der Waals surface area contributed by atoms with Crippen molar-refractivity contribution in [1.82, 2.24) is 5.32 Å². The van der Waals surface area contributed by atoms with Gasteiger partial charge in [-0.1, -0.05) is 29.8 Å². The third-order valence-corrected chi connectivity index (χ3v) is 3.85. The van der Waals surface area contributed by atoms with Crippen LogP contribution in [0.4, 0.5) is 5.69 Å². The van der Waals surface area contributed by atoms with E-state index in [0.29, 0.717) is 22.3 Å². The lowest BCUT2D eigenvalue weighted by molar-refractivity contribution is -0.115. The van der Waals surface area contributed by atoms with Gasteiger partial charge in [0.05, 0.1) is 6.42 Å². The average Bonchev–Trinajstić information content (AvgIpc) is 3.34. The highest BCUT2D eigenvalue weighted by atomic mass is 35.5. The number of hydrogen-bond donors (Lipinski definition) is 2. The van der Waals surface area contributed by atoms with Crippen molar-refractivity contribution in [3.8, 4) is 0 Å². The molecule has 1 aliphatic rings. The average molecular weight is 329 g/mol. The Morgan fingerprint density at radius 1 is 1.09 bits per heavy atom. The molecule has 1 aliphatic carbocycles. The van der Waals surface area contributed by atoms with Gasteiger partial charge in [-0.3, -0.25) is 9.59 Å². The third-order valence-electron chi connectivity index (χ3n) is 3.60. The number of hydrogen-bond acceptors (Lipinski definition) is 2. The zero-order valence-electron chi connectivity index (χ0n) is 12.5. The fraction of sp³-hybridized carbons (Fsp3) is 0.222. The van der Waals surface area contributed by atoms with Crippen molar-refractivity contribution < 1.29 is 9.59 Å². The predicted octanol–water partition coefficient (Wildman–Crippen LogP) is 3.41. The molecule has 2 aromatic carbocycles. The van der Waals surface area contributed by atoms with Gasteiger partial charge in [0.15, 0.2) is 0 Å². The molecule has 0 aromatic heterocycles. The van der Waals surface area contributed by atoms with Gasteiger partial charge in [0.25, 0.3) is 5.91 Å². The number of carbonyl (C=O) groups is 2. The number of halogens is 1. The van der Waals surface area contributed by atoms with Gasteiger partial charge in [-0.15, -0.1) is 0 Å². The van der Waals surface area contributed by atoms with E-state index in [0.717, 1.165) is 18.4 Å². The highest BCUT2D eigenvalue weighted by Gasteiger charge is 2.23. The van der Waals surface area contributed by atoms with Gasteiger partial charge in [-0.25, -0.2) is 0 Å². The minimum absolute atomic E-state index is 0.0960. The van der Waals surface area contributed by atoms with E-state index in [1.807, 2.05) is 12.1 Å². The van der Waals surface area contributed by atoms with Crippen molar-refractivity contribution in [3.63, 3.8) is 0 Å². The summed E-state index contributed by atoms with van der Waals surface area (Å²) in [4.78, 5) is 24.1. The van der Waals surface area contributed by atoms with Crippen LogP contribution < -0.4 is 10.6 Å². The predicted molar refractivity (Wildman–Crippen MR) is 90.7 cm³/mol. The molecule has 0 unspecified atom stereocenters. The summed E-state index contributed by atoms with van der Waals surface area (Å²) >= 11 is 5.83. The largest absolute Gasteiger partial charge is 0.349 e. The minimum atomic E-state index is -0.132. The molecule has 0 atom stereocenters. The first-order chi connectivity index (χ1) is 11.1. The summed E-state index contributed by atoms with van der Waals surface area (Å²) in [5.74, 6) is -0.228. The molecule has 2 N–H and O–H groups in total. The Bertz CT molecular complexity index is 724. The standard InChI is InChI=1S/C18H17ClN2O2/c19-14-6-4-12(5-7-14)10-17(22)20-16-3-1-2-13(11-16)18(23)21-15-8-9-15/h1-7,11,15H,8-10H2,(H,20,22)(H,21,23). The molecule has 0 heterocycles. The second-order valence-corrected chi connectivity index (χ2v) is 6.12. The molecule has 118 valence electrons. The van der Waals surface area contributed by atoms with E-state index in [4.69, 9.17) is 11.6 Å². The maximum atomic E-state index is 12.1. The van der Waals surface area contributed by atoms with E-state index in [1.54, 1.807) is 36.4 Å². The van der Waals surface area contributed by atoms with E-state index in [2.05, 4.69) is 10.6 Å². The Balaban J connectivity index is 1.61. The van der Waals surface area contributed by atoms with Gasteiger partial charge in [0.1, 0.15) is 0 Å². The van der Waals surface area contributed by atoms with Gasteiger partial charge < -0.3 is 10.6 Å². The molecule has 0 saturated heterocycles. The monoisotopic (exact) mass is 328 g/mol. The molecule has 23 heavy (non-hydrogen) atoms. The summed E-state index contributed by atoms with van der Waals surface area (Å²) in [6.07, 6.45) is 2.35. The van der Waals surface area contributed by atoms with Crippen LogP contribution in [0.15, 0.2) is 48.5 Å². The van der Waals surface area contributed by atoms with Crippen LogP contribution in [0, 0.1) is 0 Å². The minimum Gasteiger partial charge on any atom is -0.349 e. The Hall–Kier alpha value is -2.33. The number of anilines is 1. The number of carbonyl (C=O) groups excluding carboxylic acids is 2. The van der Waals surface area contributed by atoms with Crippen molar-refractivity contribution in [2.24, 2.45) is 0 Å². The van der Waals surface area contributed by atoms with E-state index in [-0.39, 0.29) is 18.2 Å². The molecule has 1 saturated carbocycles. The van der Waals surface area contributed by atoms with Crippen LogP contribution in [0.3, 0.4) is 0 Å². The number of nitrogens with one attached hydrogen (secondary N) is 2. The first-order valence-corrected chi connectivity index (χ1v) is 7.93. The summed E-state index contributed by atoms with van der Waals surface area (Å²) in [7, 11) is 0. The first kappa shape index (κ1) is 15.6. The highest BCUT2D eigenvalue weighted by Crippen LogP contribution is 2.20. The van der Waals surface area contributed by atoms with Crippen molar-refractivity contribution >= 4 is 29.1 Å². The molecule has 5 heteroatoms. The van der Waals surface area contributed by atoms with E-state index in [1.165, 1.54) is 0 Å². The van der Waals surface area contributed by atoms with Crippen LogP contribution in [-0.2, 0) is 11.2 Å². The topological polar surface area (TPSA) is 58.2 Å². The molecule has 3 rings (SSSR count). The molecular formula is C18H17ClN2O2. The lowest BCUT2D eigenvalue weighted by Gasteiger charge is -2.08. The van der Waals surface area contributed by atoms with E-state index < -0.39 is 0 Å². The van der Waals surface area contributed by atoms with E-state index >= 15 is 0 Å². The van der Waals surface area contributed by atoms with Crippen molar-refractivity contribution in [3.05, 3.63) is 64.7 Å². The van der Waals surface area contributed by atoms with Crippen LogP contribution in [-0.4, -0.2) is 17.9 Å². The van der Waals surface area contributed by atoms with Crippen LogP contribution in [0.5, 0.6) is 0 Å². The first-order valence-electron chi connectivity index (χ1n) is 7.55. The Labute approximate surface area is 139 Å². The third kappa shape index (κ3) is 4.57. The van der Waals surface area contributed by atoms with Gasteiger partial charge in [0.2, 0.25) is 5.91 Å². The maximum absolute atomic E-state index is 12.1. The van der Waals surface area contributed by atoms with Crippen molar-refractivity contribution in [2.45, 2.75) is 25.3 Å². The number of amides is 2. The summed E-state index contributed by atoms with van der Waals surface area (Å²) in [6, 6.07) is 14.4. The van der Waals surface area contributed by atoms with Crippen LogP contribution >= 0.6 is 11.6 Å². The molecule has 0 bridgehead atoms. The van der Waals surface area contributed by atoms with Crippen LogP contribution in [0.2, 0.25) is 5.02 Å². The van der Waals surface area contributed by atoms with Crippen LogP contribution in [0.1, 0.15) is 28.8 Å². The molecule has 0 radical (unpaired) electrons. The summed E-state index contributed by atoms with van der Waals surface area (Å²) in [5, 5.41) is 6.39. The Kier molecular flexibility index (Phi) is 4.63. The zero-order chi connectivity index (χ0) is 16.2. The number of benzene rings is 2. The second-order valence-electron chi connectivity index (χ2n) is 5.68. The van der Waals surface area contributed by atoms with Crippen molar-refractivity contribution in [2.75, 3.05) is 5.32 Å². The molecular weight excluding hydrogens is 312 g/mol. The normalized spacial score (nSPS) is 13.4. The molecule has 0 spiro atoms. The van der Waals surface area contributed by atoms with E-state index in [9.17, 15) is 9.59 Å². The van der Waals surface area contributed by atoms with Gasteiger partial charge in [0, 0.05) is 22.3 Å². The highest BCUT2D eigenvalue weighted by molar-refractivity contribution is 6.30. The van der Waals surface area contributed by atoms with Crippen molar-refractivity contribution in [1.29, 1.82) is 0 Å². The smallest absolute Gasteiger partial charge is 0.251 e. The Morgan fingerprint density at radius 3 is 2.52 bits per heavy atom. The summed E-state index contributed by atoms with van der Waals surface area (Å²) in [6.45, 7) is 0. The van der Waals surface area contributed by atoms with Crippen LogP contribution in [0.25, 0.3) is 0 Å². The number of rotatable bonds is 5. The lowest BCUT2D eigenvalue weighted by Crippen LogP contribution is -2.25.